The minimum Gasteiger partial charge on any atom is -0.388 e. The number of hydrogen-bond acceptors (Lipinski definition) is 5. The Morgan fingerprint density at radius 3 is 2.67 bits per heavy atom. The van der Waals surface area contributed by atoms with Crippen LogP contribution >= 0.6 is 11.5 Å². The van der Waals surface area contributed by atoms with Crippen LogP contribution in [0.5, 0.6) is 0 Å². The van der Waals surface area contributed by atoms with E-state index in [9.17, 15) is 0 Å². The number of anilines is 1. The van der Waals surface area contributed by atoms with Gasteiger partial charge in [0, 0.05) is 24.1 Å². The molecule has 0 radical (unpaired) electrons. The molecule has 2 rings (SSSR count). The molecule has 0 atom stereocenters. The van der Waals surface area contributed by atoms with Crippen molar-refractivity contribution in [3.63, 3.8) is 0 Å². The van der Waals surface area contributed by atoms with Gasteiger partial charge >= 0.3 is 0 Å². The molecule has 1 aromatic rings. The van der Waals surface area contributed by atoms with E-state index in [0.717, 1.165) is 35.7 Å². The van der Waals surface area contributed by atoms with Crippen LogP contribution in [0, 0.1) is 5.92 Å². The molecule has 0 aliphatic heterocycles. The van der Waals surface area contributed by atoms with Crippen LogP contribution in [0.1, 0.15) is 51.6 Å². The van der Waals surface area contributed by atoms with Crippen LogP contribution in [0.15, 0.2) is 0 Å². The predicted octanol–water partition coefficient (Wildman–Crippen LogP) is 2.91. The molecule has 18 heavy (non-hydrogen) atoms. The third-order valence-corrected chi connectivity index (χ3v) is 4.37. The van der Waals surface area contributed by atoms with Crippen LogP contribution in [-0.4, -0.2) is 27.1 Å². The van der Waals surface area contributed by atoms with Gasteiger partial charge in [-0.25, -0.2) is 0 Å². The van der Waals surface area contributed by atoms with Gasteiger partial charge in [0.2, 0.25) is 0 Å². The van der Waals surface area contributed by atoms with Gasteiger partial charge in [-0.05, 0) is 31.7 Å². The van der Waals surface area contributed by atoms with Gasteiger partial charge in [0.1, 0.15) is 10.7 Å². The Bertz CT molecular complexity index is 358. The van der Waals surface area contributed by atoms with Gasteiger partial charge in [-0.2, -0.15) is 0 Å². The molecular formula is C13H24N4S. The summed E-state index contributed by atoms with van der Waals surface area (Å²) in [6, 6.07) is 0.727. The average molecular weight is 268 g/mol. The van der Waals surface area contributed by atoms with Crippen LogP contribution in [0.2, 0.25) is 0 Å². The van der Waals surface area contributed by atoms with Gasteiger partial charge in [-0.15, -0.1) is 5.10 Å². The predicted molar refractivity (Wildman–Crippen MR) is 76.4 cm³/mol. The summed E-state index contributed by atoms with van der Waals surface area (Å²) in [7, 11) is 0. The summed E-state index contributed by atoms with van der Waals surface area (Å²) in [5, 5.41) is 4.94. The Balaban J connectivity index is 1.97. The zero-order valence-electron chi connectivity index (χ0n) is 11.4. The molecule has 0 unspecified atom stereocenters. The number of nitrogens with zero attached hydrogens (tertiary/aromatic N) is 3. The minimum absolute atomic E-state index is 0.727. The average Bonchev–Trinajstić information content (AvgIpc) is 2.96. The smallest absolute Gasteiger partial charge is 0.132 e. The Kier molecular flexibility index (Phi) is 4.95. The van der Waals surface area contributed by atoms with E-state index < -0.39 is 0 Å². The zero-order chi connectivity index (χ0) is 13.0. The number of nitrogens with two attached hydrogens (primary N) is 1. The SMILES string of the molecule is CC(C)CCN(Cc1nnsc1N)C1CCCC1. The first-order valence-electron chi connectivity index (χ1n) is 6.97. The molecule has 0 aromatic carbocycles. The molecule has 0 saturated heterocycles. The normalized spacial score (nSPS) is 17.1. The van der Waals surface area contributed by atoms with Gasteiger partial charge < -0.3 is 5.73 Å². The molecule has 1 heterocycles. The Morgan fingerprint density at radius 2 is 2.11 bits per heavy atom. The van der Waals surface area contributed by atoms with E-state index >= 15 is 0 Å². The second-order valence-electron chi connectivity index (χ2n) is 5.68. The molecule has 1 aromatic heterocycles. The van der Waals surface area contributed by atoms with Crippen molar-refractivity contribution in [3.05, 3.63) is 5.69 Å². The van der Waals surface area contributed by atoms with Crippen molar-refractivity contribution in [1.29, 1.82) is 0 Å². The van der Waals surface area contributed by atoms with Crippen molar-refractivity contribution >= 4 is 16.5 Å². The summed E-state index contributed by atoms with van der Waals surface area (Å²) in [6.45, 7) is 6.59. The molecule has 1 fully saturated rings. The molecule has 1 aliphatic carbocycles. The lowest BCUT2D eigenvalue weighted by Gasteiger charge is -2.28. The van der Waals surface area contributed by atoms with Crippen LogP contribution in [0.3, 0.4) is 0 Å². The first-order chi connectivity index (χ1) is 8.66. The summed E-state index contributed by atoms with van der Waals surface area (Å²) in [4.78, 5) is 2.57. The van der Waals surface area contributed by atoms with Crippen molar-refractivity contribution in [1.82, 2.24) is 14.5 Å². The molecule has 1 aliphatic rings. The molecule has 0 bridgehead atoms. The van der Waals surface area contributed by atoms with Crippen molar-refractivity contribution in [2.45, 2.75) is 58.5 Å². The summed E-state index contributed by atoms with van der Waals surface area (Å²) in [5.41, 5.74) is 6.88. The van der Waals surface area contributed by atoms with Gasteiger partial charge in [-0.1, -0.05) is 31.2 Å². The molecule has 4 nitrogen and oxygen atoms in total. The lowest BCUT2D eigenvalue weighted by atomic mass is 10.1. The number of hydrogen-bond donors (Lipinski definition) is 1. The first-order valence-corrected chi connectivity index (χ1v) is 7.75. The first kappa shape index (κ1) is 13.7. The summed E-state index contributed by atoms with van der Waals surface area (Å²) in [6.07, 6.45) is 6.64. The van der Waals surface area contributed by atoms with Crippen LogP contribution in [0.4, 0.5) is 5.00 Å². The summed E-state index contributed by atoms with van der Waals surface area (Å²) < 4.78 is 3.94. The lowest BCUT2D eigenvalue weighted by Crippen LogP contribution is -2.34. The molecule has 0 spiro atoms. The summed E-state index contributed by atoms with van der Waals surface area (Å²) in [5.74, 6) is 0.750. The van der Waals surface area contributed by atoms with E-state index in [1.807, 2.05) is 0 Å². The third-order valence-electron chi connectivity index (χ3n) is 3.77. The van der Waals surface area contributed by atoms with Crippen molar-refractivity contribution in [3.8, 4) is 0 Å². The van der Waals surface area contributed by atoms with Gasteiger partial charge in [0.05, 0.1) is 0 Å². The van der Waals surface area contributed by atoms with E-state index in [-0.39, 0.29) is 0 Å². The van der Waals surface area contributed by atoms with E-state index in [4.69, 9.17) is 5.73 Å². The zero-order valence-corrected chi connectivity index (χ0v) is 12.2. The Morgan fingerprint density at radius 1 is 1.39 bits per heavy atom. The van der Waals surface area contributed by atoms with E-state index in [1.165, 1.54) is 43.6 Å². The topological polar surface area (TPSA) is 55.0 Å². The number of rotatable bonds is 6. The highest BCUT2D eigenvalue weighted by Gasteiger charge is 2.24. The Hall–Kier alpha value is -0.680. The molecule has 0 amide bonds. The number of nitrogen functional groups attached to an aromatic ring is 1. The highest BCUT2D eigenvalue weighted by Crippen LogP contribution is 2.26. The molecule has 1 saturated carbocycles. The third kappa shape index (κ3) is 3.65. The van der Waals surface area contributed by atoms with E-state index in [0.29, 0.717) is 0 Å². The molecular weight excluding hydrogens is 244 g/mol. The molecule has 5 heteroatoms. The minimum atomic E-state index is 0.727. The number of aromatic nitrogens is 2. The second-order valence-corrected chi connectivity index (χ2v) is 6.46. The van der Waals surface area contributed by atoms with Crippen LogP contribution < -0.4 is 5.73 Å². The van der Waals surface area contributed by atoms with Crippen molar-refractivity contribution in [2.75, 3.05) is 12.3 Å². The fraction of sp³-hybridized carbons (Fsp3) is 0.846. The van der Waals surface area contributed by atoms with Crippen molar-refractivity contribution < 1.29 is 0 Å². The fourth-order valence-corrected chi connectivity index (χ4v) is 3.04. The Labute approximate surface area is 114 Å². The lowest BCUT2D eigenvalue weighted by molar-refractivity contribution is 0.178. The summed E-state index contributed by atoms with van der Waals surface area (Å²) >= 11 is 1.30. The molecule has 102 valence electrons. The monoisotopic (exact) mass is 268 g/mol. The van der Waals surface area contributed by atoms with Gasteiger partial charge in [0.15, 0.2) is 0 Å². The van der Waals surface area contributed by atoms with Crippen molar-refractivity contribution in [2.24, 2.45) is 5.92 Å². The fourth-order valence-electron chi connectivity index (χ4n) is 2.60. The second kappa shape index (κ2) is 6.48. The maximum Gasteiger partial charge on any atom is 0.132 e. The van der Waals surface area contributed by atoms with Crippen LogP contribution in [0.25, 0.3) is 0 Å². The highest BCUT2D eigenvalue weighted by atomic mass is 32.1. The standard InChI is InChI=1S/C13H24N4S/c1-10(2)7-8-17(11-5-3-4-6-11)9-12-13(14)18-16-15-12/h10-11H,3-9,14H2,1-2H3. The molecule has 2 N–H and O–H groups in total. The maximum atomic E-state index is 5.91. The maximum absolute atomic E-state index is 5.91. The van der Waals surface area contributed by atoms with Crippen LogP contribution in [-0.2, 0) is 6.54 Å². The van der Waals surface area contributed by atoms with E-state index in [1.54, 1.807) is 0 Å². The van der Waals surface area contributed by atoms with Gasteiger partial charge in [-0.3, -0.25) is 4.90 Å². The quantitative estimate of drug-likeness (QED) is 0.862. The van der Waals surface area contributed by atoms with E-state index in [2.05, 4.69) is 28.3 Å². The largest absolute Gasteiger partial charge is 0.388 e. The highest BCUT2D eigenvalue weighted by molar-refractivity contribution is 7.09. The van der Waals surface area contributed by atoms with Gasteiger partial charge in [0.25, 0.3) is 0 Å².